The molecule has 0 spiro atoms. The third-order valence-electron chi connectivity index (χ3n) is 4.01. The molecule has 2 heteroatoms. The predicted molar refractivity (Wildman–Crippen MR) is 90.3 cm³/mol. The molecule has 1 atom stereocenters. The number of hydrogen-bond acceptors (Lipinski definition) is 1. The highest BCUT2D eigenvalue weighted by molar-refractivity contribution is 6.30. The summed E-state index contributed by atoms with van der Waals surface area (Å²) in [4.78, 5) is 0. The van der Waals surface area contributed by atoms with Gasteiger partial charge in [-0.3, -0.25) is 0 Å². The molecule has 0 radical (unpaired) electrons. The van der Waals surface area contributed by atoms with Crippen LogP contribution in [0.5, 0.6) is 0 Å². The first kappa shape index (κ1) is 17.5. The molecule has 2 N–H and O–H groups in total. The fourth-order valence-electron chi connectivity index (χ4n) is 2.66. The summed E-state index contributed by atoms with van der Waals surface area (Å²) < 4.78 is 0. The first-order valence-corrected chi connectivity index (χ1v) is 8.54. The van der Waals surface area contributed by atoms with Crippen LogP contribution in [0.15, 0.2) is 18.2 Å². The Bertz CT molecular complexity index is 376. The largest absolute Gasteiger partial charge is 0.324 e. The van der Waals surface area contributed by atoms with E-state index in [1.807, 2.05) is 12.1 Å². The van der Waals surface area contributed by atoms with Crippen LogP contribution in [0, 0.1) is 6.92 Å². The second kappa shape index (κ2) is 10.2. The SMILES string of the molecule is CCCCCCCCCCC(N)c1cc(Cl)ccc1C. The topological polar surface area (TPSA) is 26.0 Å². The molecular formula is C18H30ClN. The van der Waals surface area contributed by atoms with Crippen molar-refractivity contribution in [1.29, 1.82) is 0 Å². The Kier molecular flexibility index (Phi) is 8.97. The second-order valence-electron chi connectivity index (χ2n) is 5.87. The van der Waals surface area contributed by atoms with Crippen molar-refractivity contribution < 1.29 is 0 Å². The summed E-state index contributed by atoms with van der Waals surface area (Å²) in [5.41, 5.74) is 8.75. The quantitative estimate of drug-likeness (QED) is 0.512. The Morgan fingerprint density at radius 2 is 1.60 bits per heavy atom. The molecular weight excluding hydrogens is 266 g/mol. The molecule has 1 aromatic rings. The Labute approximate surface area is 129 Å². The van der Waals surface area contributed by atoms with Gasteiger partial charge in [-0.05, 0) is 36.6 Å². The number of halogens is 1. The third kappa shape index (κ3) is 6.76. The van der Waals surface area contributed by atoms with Crippen LogP contribution in [0.4, 0.5) is 0 Å². The number of rotatable bonds is 10. The van der Waals surface area contributed by atoms with Gasteiger partial charge in [0.2, 0.25) is 0 Å². The van der Waals surface area contributed by atoms with Gasteiger partial charge in [0.25, 0.3) is 0 Å². The second-order valence-corrected chi connectivity index (χ2v) is 6.31. The zero-order chi connectivity index (χ0) is 14.8. The van der Waals surface area contributed by atoms with Gasteiger partial charge in [0.15, 0.2) is 0 Å². The van der Waals surface area contributed by atoms with E-state index in [0.717, 1.165) is 11.4 Å². The van der Waals surface area contributed by atoms with Gasteiger partial charge in [-0.25, -0.2) is 0 Å². The van der Waals surface area contributed by atoms with Gasteiger partial charge in [-0.15, -0.1) is 0 Å². The van der Waals surface area contributed by atoms with Crippen molar-refractivity contribution in [3.8, 4) is 0 Å². The summed E-state index contributed by atoms with van der Waals surface area (Å²) in [7, 11) is 0. The fourth-order valence-corrected chi connectivity index (χ4v) is 2.84. The molecule has 0 aliphatic heterocycles. The predicted octanol–water partition coefficient (Wildman–Crippen LogP) is 6.18. The highest BCUT2D eigenvalue weighted by Gasteiger charge is 2.09. The lowest BCUT2D eigenvalue weighted by Gasteiger charge is -2.15. The molecule has 1 nitrogen and oxygen atoms in total. The van der Waals surface area contributed by atoms with Crippen LogP contribution in [0.1, 0.15) is 81.9 Å². The molecule has 0 amide bonds. The molecule has 1 aromatic carbocycles. The molecule has 0 aliphatic carbocycles. The van der Waals surface area contributed by atoms with E-state index in [0.29, 0.717) is 0 Å². The Hall–Kier alpha value is -0.530. The molecule has 0 saturated heterocycles. The summed E-state index contributed by atoms with van der Waals surface area (Å²) in [6, 6.07) is 6.15. The highest BCUT2D eigenvalue weighted by atomic mass is 35.5. The van der Waals surface area contributed by atoms with Crippen LogP contribution in [0.2, 0.25) is 5.02 Å². The van der Waals surface area contributed by atoms with Crippen LogP contribution in [0.3, 0.4) is 0 Å². The molecule has 0 aromatic heterocycles. The minimum Gasteiger partial charge on any atom is -0.324 e. The number of benzene rings is 1. The van der Waals surface area contributed by atoms with Crippen molar-refractivity contribution >= 4 is 11.6 Å². The van der Waals surface area contributed by atoms with Gasteiger partial charge < -0.3 is 5.73 Å². The van der Waals surface area contributed by atoms with Gasteiger partial charge in [0.1, 0.15) is 0 Å². The van der Waals surface area contributed by atoms with Crippen molar-refractivity contribution in [2.45, 2.75) is 77.7 Å². The van der Waals surface area contributed by atoms with Crippen LogP contribution in [-0.4, -0.2) is 0 Å². The Morgan fingerprint density at radius 3 is 2.25 bits per heavy atom. The van der Waals surface area contributed by atoms with Crippen molar-refractivity contribution in [2.75, 3.05) is 0 Å². The maximum absolute atomic E-state index is 6.29. The molecule has 20 heavy (non-hydrogen) atoms. The van der Waals surface area contributed by atoms with E-state index in [2.05, 4.69) is 19.9 Å². The van der Waals surface area contributed by atoms with Crippen LogP contribution in [-0.2, 0) is 0 Å². The lowest BCUT2D eigenvalue weighted by Crippen LogP contribution is -2.11. The number of aryl methyl sites for hydroxylation is 1. The van der Waals surface area contributed by atoms with Crippen molar-refractivity contribution in [1.82, 2.24) is 0 Å². The van der Waals surface area contributed by atoms with E-state index >= 15 is 0 Å². The lowest BCUT2D eigenvalue weighted by molar-refractivity contribution is 0.535. The van der Waals surface area contributed by atoms with Gasteiger partial charge in [0.05, 0.1) is 0 Å². The van der Waals surface area contributed by atoms with Gasteiger partial charge >= 0.3 is 0 Å². The highest BCUT2D eigenvalue weighted by Crippen LogP contribution is 2.24. The maximum Gasteiger partial charge on any atom is 0.0409 e. The molecule has 0 saturated carbocycles. The summed E-state index contributed by atoms with van der Waals surface area (Å²) in [5.74, 6) is 0. The van der Waals surface area contributed by atoms with Crippen molar-refractivity contribution in [2.24, 2.45) is 5.73 Å². The standard InChI is InChI=1S/C18H30ClN/c1-3-4-5-6-7-8-9-10-11-18(20)17-14-16(19)13-12-15(17)2/h12-14,18H,3-11,20H2,1-2H3. The fraction of sp³-hybridized carbons (Fsp3) is 0.667. The number of hydrogen-bond donors (Lipinski definition) is 1. The zero-order valence-corrected chi connectivity index (χ0v) is 13.9. The van der Waals surface area contributed by atoms with Crippen LogP contribution >= 0.6 is 11.6 Å². The van der Waals surface area contributed by atoms with Gasteiger partial charge in [-0.2, -0.15) is 0 Å². The number of nitrogens with two attached hydrogens (primary N) is 1. The average molecular weight is 296 g/mol. The minimum absolute atomic E-state index is 0.133. The Balaban J connectivity index is 2.17. The smallest absolute Gasteiger partial charge is 0.0409 e. The lowest BCUT2D eigenvalue weighted by atomic mass is 9.97. The zero-order valence-electron chi connectivity index (χ0n) is 13.1. The molecule has 0 heterocycles. The summed E-state index contributed by atoms with van der Waals surface area (Å²) >= 11 is 6.05. The molecule has 1 rings (SSSR count). The van der Waals surface area contributed by atoms with Gasteiger partial charge in [-0.1, -0.05) is 76.0 Å². The molecule has 0 bridgehead atoms. The van der Waals surface area contributed by atoms with Crippen molar-refractivity contribution in [3.05, 3.63) is 34.3 Å². The monoisotopic (exact) mass is 295 g/mol. The molecule has 114 valence electrons. The first-order chi connectivity index (χ1) is 9.65. The van der Waals surface area contributed by atoms with Crippen molar-refractivity contribution in [3.63, 3.8) is 0 Å². The van der Waals surface area contributed by atoms with E-state index in [4.69, 9.17) is 17.3 Å². The third-order valence-corrected chi connectivity index (χ3v) is 4.24. The van der Waals surface area contributed by atoms with E-state index in [1.165, 1.54) is 62.5 Å². The van der Waals surface area contributed by atoms with Crippen LogP contribution < -0.4 is 5.73 Å². The van der Waals surface area contributed by atoms with E-state index < -0.39 is 0 Å². The normalized spacial score (nSPS) is 12.6. The summed E-state index contributed by atoms with van der Waals surface area (Å²) in [5, 5.41) is 0.789. The molecule has 0 aliphatic rings. The summed E-state index contributed by atoms with van der Waals surface area (Å²) in [6.45, 7) is 4.37. The van der Waals surface area contributed by atoms with E-state index in [9.17, 15) is 0 Å². The maximum atomic E-state index is 6.29. The average Bonchev–Trinajstić information content (AvgIpc) is 2.44. The summed E-state index contributed by atoms with van der Waals surface area (Å²) in [6.07, 6.45) is 11.8. The number of unbranched alkanes of at least 4 members (excludes halogenated alkanes) is 7. The van der Waals surface area contributed by atoms with E-state index in [-0.39, 0.29) is 6.04 Å². The molecule has 1 unspecified atom stereocenters. The first-order valence-electron chi connectivity index (χ1n) is 8.16. The van der Waals surface area contributed by atoms with Gasteiger partial charge in [0, 0.05) is 11.1 Å². The Morgan fingerprint density at radius 1 is 1.00 bits per heavy atom. The van der Waals surface area contributed by atoms with Crippen LogP contribution in [0.25, 0.3) is 0 Å². The minimum atomic E-state index is 0.133. The molecule has 0 fully saturated rings. The van der Waals surface area contributed by atoms with E-state index in [1.54, 1.807) is 0 Å².